The highest BCUT2D eigenvalue weighted by Gasteiger charge is 1.71. The van der Waals surface area contributed by atoms with Gasteiger partial charge in [0.25, 0.3) is 0 Å². The van der Waals surface area contributed by atoms with Gasteiger partial charge < -0.3 is 0 Å². The third-order valence-corrected chi connectivity index (χ3v) is 0.497. The fourth-order valence-electron chi connectivity index (χ4n) is 0.210. The highest BCUT2D eigenvalue weighted by molar-refractivity contribution is 5.32. The molecular formula is C4H4N4O2. The summed E-state index contributed by atoms with van der Waals surface area (Å²) in [4.78, 5) is 25.0. The molecule has 0 radical (unpaired) electrons. The Labute approximate surface area is 56.4 Å². The maximum Gasteiger partial charge on any atom is 0.236 e. The largest absolute Gasteiger partial charge is 0.236 e. The maximum absolute atomic E-state index is 9.41. The van der Waals surface area contributed by atoms with Crippen molar-refractivity contribution < 1.29 is 9.59 Å². The lowest BCUT2D eigenvalue weighted by atomic mass is 11.1. The molecule has 0 atom stereocenters. The topological polar surface area (TPSA) is 83.6 Å². The summed E-state index contributed by atoms with van der Waals surface area (Å²) < 4.78 is 0. The van der Waals surface area contributed by atoms with Gasteiger partial charge in [0.15, 0.2) is 13.3 Å². The molecule has 0 aromatic rings. The van der Waals surface area contributed by atoms with Crippen LogP contribution in [0.2, 0.25) is 0 Å². The molecule has 52 valence electrons. The molecule has 0 saturated heterocycles. The van der Waals surface area contributed by atoms with E-state index in [1.807, 2.05) is 0 Å². The van der Waals surface area contributed by atoms with Crippen molar-refractivity contribution >= 4 is 12.2 Å². The first kappa shape index (κ1) is 8.36. The molecule has 0 rings (SSSR count). The van der Waals surface area contributed by atoms with Crippen LogP contribution in [-0.2, 0) is 9.59 Å². The predicted molar refractivity (Wildman–Crippen MR) is 30.8 cm³/mol. The first-order valence-corrected chi connectivity index (χ1v) is 2.32. The molecule has 0 bridgehead atoms. The number of isocyanates is 2. The zero-order valence-electron chi connectivity index (χ0n) is 5.02. The summed E-state index contributed by atoms with van der Waals surface area (Å²) in [6, 6.07) is 0. The first-order valence-electron chi connectivity index (χ1n) is 2.32. The number of carbonyl (C=O) groups excluding carboxylic acids is 2. The van der Waals surface area contributed by atoms with E-state index in [4.69, 9.17) is 0 Å². The van der Waals surface area contributed by atoms with E-state index >= 15 is 0 Å². The van der Waals surface area contributed by atoms with Crippen molar-refractivity contribution in [2.24, 2.45) is 20.2 Å². The average Bonchev–Trinajstić information content (AvgIpc) is 1.97. The molecular weight excluding hydrogens is 136 g/mol. The van der Waals surface area contributed by atoms with Gasteiger partial charge in [-0.15, -0.1) is 0 Å². The molecule has 0 amide bonds. The lowest BCUT2D eigenvalue weighted by molar-refractivity contribution is 0.561. The molecule has 0 saturated carbocycles. The van der Waals surface area contributed by atoms with Gasteiger partial charge in [-0.2, -0.15) is 20.2 Å². The van der Waals surface area contributed by atoms with Gasteiger partial charge >= 0.3 is 0 Å². The van der Waals surface area contributed by atoms with Crippen molar-refractivity contribution in [1.29, 1.82) is 0 Å². The van der Waals surface area contributed by atoms with E-state index in [0.29, 0.717) is 0 Å². The van der Waals surface area contributed by atoms with Crippen LogP contribution in [0.15, 0.2) is 20.2 Å². The summed E-state index contributed by atoms with van der Waals surface area (Å²) in [6.07, 6.45) is 2.54. The van der Waals surface area contributed by atoms with Gasteiger partial charge in [-0.3, -0.25) is 0 Å². The van der Waals surface area contributed by atoms with Gasteiger partial charge in [0.2, 0.25) is 12.2 Å². The van der Waals surface area contributed by atoms with Crippen LogP contribution in [0.5, 0.6) is 0 Å². The van der Waals surface area contributed by atoms with E-state index in [-0.39, 0.29) is 13.3 Å². The van der Waals surface area contributed by atoms with Gasteiger partial charge in [0, 0.05) is 0 Å². The molecule has 0 aliphatic heterocycles. The number of azo groups is 1. The van der Waals surface area contributed by atoms with E-state index < -0.39 is 0 Å². The van der Waals surface area contributed by atoms with Crippen LogP contribution >= 0.6 is 0 Å². The lowest BCUT2D eigenvalue weighted by Gasteiger charge is -1.76. The number of aliphatic imine (C=N–C) groups is 2. The standard InChI is InChI=1S/C4H4N4O2/c9-3-5-1-7-8-2-6-4-10/h1-2H2/b8-7+. The first-order chi connectivity index (χ1) is 4.91. The quantitative estimate of drug-likeness (QED) is 0.313. The summed E-state index contributed by atoms with van der Waals surface area (Å²) in [5, 5.41) is 6.64. The van der Waals surface area contributed by atoms with Crippen molar-refractivity contribution in [3.8, 4) is 0 Å². The Bertz CT molecular complexity index is 177. The van der Waals surface area contributed by atoms with Gasteiger partial charge in [-0.1, -0.05) is 0 Å². The summed E-state index contributed by atoms with van der Waals surface area (Å²) in [6.45, 7) is -0.143. The Balaban J connectivity index is 3.37. The molecule has 0 N–H and O–H groups in total. The number of hydrogen-bond acceptors (Lipinski definition) is 6. The van der Waals surface area contributed by atoms with Crippen molar-refractivity contribution in [1.82, 2.24) is 0 Å². The second kappa shape index (κ2) is 7.36. The second-order valence-electron chi connectivity index (χ2n) is 1.06. The molecule has 0 unspecified atom stereocenters. The smallest absolute Gasteiger partial charge is 0.211 e. The van der Waals surface area contributed by atoms with Crippen LogP contribution in [0.4, 0.5) is 0 Å². The zero-order valence-corrected chi connectivity index (χ0v) is 5.02. The van der Waals surface area contributed by atoms with Crippen LogP contribution in [0.1, 0.15) is 0 Å². The molecule has 0 aromatic heterocycles. The summed E-state index contributed by atoms with van der Waals surface area (Å²) in [7, 11) is 0. The van der Waals surface area contributed by atoms with Crippen LogP contribution in [-0.4, -0.2) is 25.5 Å². The summed E-state index contributed by atoms with van der Waals surface area (Å²) in [5.74, 6) is 0. The zero-order chi connectivity index (χ0) is 7.66. The van der Waals surface area contributed by atoms with E-state index in [0.717, 1.165) is 0 Å². The molecule has 0 aromatic carbocycles. The highest BCUT2D eigenvalue weighted by atomic mass is 16.1. The van der Waals surface area contributed by atoms with Crippen LogP contribution < -0.4 is 0 Å². The fourth-order valence-corrected chi connectivity index (χ4v) is 0.210. The molecule has 10 heavy (non-hydrogen) atoms. The molecule has 0 aliphatic carbocycles. The summed E-state index contributed by atoms with van der Waals surface area (Å²) >= 11 is 0. The second-order valence-corrected chi connectivity index (χ2v) is 1.06. The third-order valence-electron chi connectivity index (χ3n) is 0.497. The molecule has 0 aliphatic rings. The Morgan fingerprint density at radius 1 is 0.900 bits per heavy atom. The van der Waals surface area contributed by atoms with Crippen LogP contribution in [0, 0.1) is 0 Å². The highest BCUT2D eigenvalue weighted by Crippen LogP contribution is 1.75. The Morgan fingerprint density at radius 3 is 1.60 bits per heavy atom. The summed E-state index contributed by atoms with van der Waals surface area (Å²) in [5.41, 5.74) is 0. The monoisotopic (exact) mass is 140 g/mol. The number of nitrogens with zero attached hydrogens (tertiary/aromatic N) is 4. The van der Waals surface area contributed by atoms with E-state index in [1.165, 1.54) is 12.2 Å². The predicted octanol–water partition coefficient (Wildman–Crippen LogP) is 0.0252. The Kier molecular flexibility index (Phi) is 6.15. The van der Waals surface area contributed by atoms with Gasteiger partial charge in [0.05, 0.1) is 0 Å². The van der Waals surface area contributed by atoms with Crippen molar-refractivity contribution in [3.05, 3.63) is 0 Å². The SMILES string of the molecule is O=C=NC/N=N/CN=C=O. The Morgan fingerprint density at radius 2 is 1.30 bits per heavy atom. The molecule has 6 heteroatoms. The average molecular weight is 140 g/mol. The van der Waals surface area contributed by atoms with E-state index in [1.54, 1.807) is 0 Å². The van der Waals surface area contributed by atoms with E-state index in [2.05, 4.69) is 20.2 Å². The van der Waals surface area contributed by atoms with E-state index in [9.17, 15) is 9.59 Å². The minimum absolute atomic E-state index is 0.0716. The number of rotatable bonds is 4. The van der Waals surface area contributed by atoms with Crippen molar-refractivity contribution in [2.45, 2.75) is 0 Å². The molecule has 0 spiro atoms. The minimum atomic E-state index is -0.0716. The minimum Gasteiger partial charge on any atom is -0.211 e. The molecule has 0 heterocycles. The van der Waals surface area contributed by atoms with Crippen LogP contribution in [0.25, 0.3) is 0 Å². The van der Waals surface area contributed by atoms with Gasteiger partial charge in [0.1, 0.15) is 0 Å². The maximum atomic E-state index is 9.41. The fraction of sp³-hybridized carbons (Fsp3) is 0.500. The van der Waals surface area contributed by atoms with Crippen LogP contribution in [0.3, 0.4) is 0 Å². The van der Waals surface area contributed by atoms with Gasteiger partial charge in [-0.05, 0) is 0 Å². The third kappa shape index (κ3) is 6.36. The lowest BCUT2D eigenvalue weighted by Crippen LogP contribution is -1.72. The normalized spacial score (nSPS) is 8.40. The Hall–Kier alpha value is -1.64. The van der Waals surface area contributed by atoms with Gasteiger partial charge in [-0.25, -0.2) is 9.59 Å². The number of hydrogen-bond donors (Lipinski definition) is 0. The molecule has 0 fully saturated rings. The molecule has 6 nitrogen and oxygen atoms in total. The van der Waals surface area contributed by atoms with Crippen molar-refractivity contribution in [3.63, 3.8) is 0 Å². The van der Waals surface area contributed by atoms with Crippen molar-refractivity contribution in [2.75, 3.05) is 13.3 Å².